The highest BCUT2D eigenvalue weighted by Crippen LogP contribution is 2.24. The summed E-state index contributed by atoms with van der Waals surface area (Å²) in [4.78, 5) is 0. The normalized spacial score (nSPS) is 13.2. The number of benzene rings is 1. The summed E-state index contributed by atoms with van der Waals surface area (Å²) in [6.07, 6.45) is -0.00171. The van der Waals surface area contributed by atoms with Gasteiger partial charge in [0, 0.05) is 11.1 Å². The molecule has 0 aliphatic rings. The van der Waals surface area contributed by atoms with Gasteiger partial charge in [-0.05, 0) is 51.4 Å². The topological polar surface area (TPSA) is 147 Å². The van der Waals surface area contributed by atoms with E-state index in [4.69, 9.17) is 22.6 Å². The van der Waals surface area contributed by atoms with Crippen LogP contribution < -0.4 is 5.32 Å². The first-order valence-electron chi connectivity index (χ1n) is 6.89. The van der Waals surface area contributed by atoms with Gasteiger partial charge in [-0.1, -0.05) is 6.07 Å². The zero-order valence-electron chi connectivity index (χ0n) is 13.4. The third kappa shape index (κ3) is 11.9. The van der Waals surface area contributed by atoms with Crippen LogP contribution in [0, 0.1) is 0 Å². The van der Waals surface area contributed by atoms with Crippen molar-refractivity contribution in [2.75, 3.05) is 6.54 Å². The summed E-state index contributed by atoms with van der Waals surface area (Å²) in [6, 6.07) is 4.81. The van der Waals surface area contributed by atoms with Crippen molar-refractivity contribution in [3.8, 4) is 5.75 Å². The van der Waals surface area contributed by atoms with E-state index >= 15 is 0 Å². The van der Waals surface area contributed by atoms with Gasteiger partial charge in [-0.3, -0.25) is 9.11 Å². The third-order valence-electron chi connectivity index (χ3n) is 2.73. The van der Waals surface area contributed by atoms with Gasteiger partial charge in [-0.25, -0.2) is 0 Å². The van der Waals surface area contributed by atoms with E-state index < -0.39 is 16.5 Å². The van der Waals surface area contributed by atoms with Crippen LogP contribution in [0.5, 0.6) is 5.75 Å². The Morgan fingerprint density at radius 1 is 1.22 bits per heavy atom. The van der Waals surface area contributed by atoms with Gasteiger partial charge < -0.3 is 20.6 Å². The summed E-state index contributed by atoms with van der Waals surface area (Å²) in [5, 5.41) is 31.8. The van der Waals surface area contributed by atoms with Crippen molar-refractivity contribution in [3.63, 3.8) is 0 Å². The average Bonchev–Trinajstić information content (AvgIpc) is 2.35. The lowest BCUT2D eigenvalue weighted by Gasteiger charge is -2.22. The molecule has 0 bridgehead atoms. The molecule has 0 fully saturated rings. The monoisotopic (exact) mass is 351 g/mol. The standard InChI is InChI=1S/C14H23NO3.H2O4S/c1-14(2,3)15-7-6-13(18)10-4-5-12(17)11(8-10)9-16;1-5(2,3)4/h4-5,8,13,15-18H,6-7,9H2,1-3H3;(H2,1,2,3,4). The SMILES string of the molecule is CC(C)(C)NCCC(O)c1ccc(O)c(CO)c1.O=S(=O)(O)O. The summed E-state index contributed by atoms with van der Waals surface area (Å²) in [5.74, 6) is 0.0567. The van der Waals surface area contributed by atoms with E-state index in [9.17, 15) is 10.2 Å². The Morgan fingerprint density at radius 2 is 1.74 bits per heavy atom. The number of aromatic hydroxyl groups is 1. The van der Waals surface area contributed by atoms with Crippen molar-refractivity contribution in [2.45, 2.75) is 45.4 Å². The van der Waals surface area contributed by atoms with Crippen molar-refractivity contribution in [2.24, 2.45) is 0 Å². The van der Waals surface area contributed by atoms with E-state index in [0.29, 0.717) is 24.1 Å². The van der Waals surface area contributed by atoms with Gasteiger partial charge in [-0.15, -0.1) is 0 Å². The minimum absolute atomic E-state index is 0.0327. The Balaban J connectivity index is 0.000000841. The van der Waals surface area contributed by atoms with E-state index in [2.05, 4.69) is 26.1 Å². The second kappa shape index (κ2) is 9.16. The molecule has 0 amide bonds. The molecule has 23 heavy (non-hydrogen) atoms. The molecular weight excluding hydrogens is 326 g/mol. The lowest BCUT2D eigenvalue weighted by atomic mass is 10.0. The van der Waals surface area contributed by atoms with Crippen molar-refractivity contribution >= 4 is 10.4 Å². The van der Waals surface area contributed by atoms with Crippen LogP contribution in [0.15, 0.2) is 18.2 Å². The summed E-state index contributed by atoms with van der Waals surface area (Å²) in [6.45, 7) is 6.70. The smallest absolute Gasteiger partial charge is 0.394 e. The molecule has 0 spiro atoms. The third-order valence-corrected chi connectivity index (χ3v) is 2.73. The first-order valence-corrected chi connectivity index (χ1v) is 8.29. The molecule has 0 heterocycles. The number of rotatable bonds is 5. The Hall–Kier alpha value is -1.23. The summed E-state index contributed by atoms with van der Waals surface area (Å²) in [5.41, 5.74) is 1.19. The Labute approximate surface area is 136 Å². The molecule has 0 radical (unpaired) electrons. The van der Waals surface area contributed by atoms with Gasteiger partial charge in [0.15, 0.2) is 0 Å². The van der Waals surface area contributed by atoms with Crippen LogP contribution in [-0.2, 0) is 17.0 Å². The predicted molar refractivity (Wildman–Crippen MR) is 85.5 cm³/mol. The summed E-state index contributed by atoms with van der Waals surface area (Å²) >= 11 is 0. The van der Waals surface area contributed by atoms with E-state index in [1.165, 1.54) is 6.07 Å². The van der Waals surface area contributed by atoms with Crippen LogP contribution in [0.4, 0.5) is 0 Å². The van der Waals surface area contributed by atoms with Crippen LogP contribution in [0.25, 0.3) is 0 Å². The average molecular weight is 351 g/mol. The van der Waals surface area contributed by atoms with Gasteiger partial charge >= 0.3 is 10.4 Å². The van der Waals surface area contributed by atoms with E-state index in [-0.39, 0.29) is 17.9 Å². The largest absolute Gasteiger partial charge is 0.508 e. The highest BCUT2D eigenvalue weighted by Gasteiger charge is 2.13. The molecule has 1 unspecified atom stereocenters. The fourth-order valence-corrected chi connectivity index (χ4v) is 1.69. The van der Waals surface area contributed by atoms with Crippen LogP contribution in [-0.4, -0.2) is 44.9 Å². The Morgan fingerprint density at radius 3 is 2.17 bits per heavy atom. The number of aliphatic hydroxyl groups excluding tert-OH is 2. The van der Waals surface area contributed by atoms with Crippen molar-refractivity contribution in [1.29, 1.82) is 0 Å². The van der Waals surface area contributed by atoms with Crippen molar-refractivity contribution in [1.82, 2.24) is 5.32 Å². The second-order valence-corrected chi connectivity index (χ2v) is 6.87. The first kappa shape index (κ1) is 21.8. The van der Waals surface area contributed by atoms with Gasteiger partial charge in [-0.2, -0.15) is 8.42 Å². The number of phenols is 1. The van der Waals surface area contributed by atoms with E-state index in [1.807, 2.05) is 0 Å². The molecule has 1 aromatic carbocycles. The van der Waals surface area contributed by atoms with E-state index in [1.54, 1.807) is 12.1 Å². The van der Waals surface area contributed by atoms with Crippen LogP contribution in [0.3, 0.4) is 0 Å². The molecule has 6 N–H and O–H groups in total. The molecule has 1 aromatic rings. The Kier molecular flexibility index (Phi) is 8.67. The van der Waals surface area contributed by atoms with Gasteiger partial charge in [0.05, 0.1) is 12.7 Å². The quantitative estimate of drug-likeness (QED) is 0.431. The molecular formula is C14H25NO7S. The van der Waals surface area contributed by atoms with Gasteiger partial charge in [0.1, 0.15) is 5.75 Å². The first-order chi connectivity index (χ1) is 10.3. The minimum atomic E-state index is -4.67. The molecule has 0 saturated heterocycles. The molecule has 1 atom stereocenters. The highest BCUT2D eigenvalue weighted by atomic mass is 32.3. The molecule has 134 valence electrons. The van der Waals surface area contributed by atoms with Gasteiger partial charge in [0.2, 0.25) is 0 Å². The molecule has 0 saturated carbocycles. The summed E-state index contributed by atoms with van der Waals surface area (Å²) < 4.78 is 31.6. The van der Waals surface area contributed by atoms with Crippen molar-refractivity contribution < 1.29 is 32.8 Å². The number of nitrogens with one attached hydrogen (secondary N) is 1. The molecule has 8 nitrogen and oxygen atoms in total. The lowest BCUT2D eigenvalue weighted by molar-refractivity contribution is 0.163. The molecule has 0 aliphatic heterocycles. The minimum Gasteiger partial charge on any atom is -0.508 e. The molecule has 1 rings (SSSR count). The number of aliphatic hydroxyl groups is 2. The maximum absolute atomic E-state index is 10.0. The molecule has 0 aliphatic carbocycles. The van der Waals surface area contributed by atoms with E-state index in [0.717, 1.165) is 0 Å². The van der Waals surface area contributed by atoms with Crippen molar-refractivity contribution in [3.05, 3.63) is 29.3 Å². The van der Waals surface area contributed by atoms with Gasteiger partial charge in [0.25, 0.3) is 0 Å². The fraction of sp³-hybridized carbons (Fsp3) is 0.571. The van der Waals surface area contributed by atoms with Crippen LogP contribution in [0.2, 0.25) is 0 Å². The maximum atomic E-state index is 10.0. The fourth-order valence-electron chi connectivity index (χ4n) is 1.69. The maximum Gasteiger partial charge on any atom is 0.394 e. The number of hydrogen-bond acceptors (Lipinski definition) is 6. The predicted octanol–water partition coefficient (Wildman–Crippen LogP) is 1.04. The molecule has 0 aromatic heterocycles. The lowest BCUT2D eigenvalue weighted by Crippen LogP contribution is -2.36. The van der Waals surface area contributed by atoms with Crippen LogP contribution >= 0.6 is 0 Å². The zero-order valence-corrected chi connectivity index (χ0v) is 14.2. The second-order valence-electron chi connectivity index (χ2n) is 5.98. The summed E-state index contributed by atoms with van der Waals surface area (Å²) in [7, 11) is -4.67. The van der Waals surface area contributed by atoms with Crippen LogP contribution in [0.1, 0.15) is 44.4 Å². The number of hydrogen-bond donors (Lipinski definition) is 6. The molecule has 9 heteroatoms. The Bertz CT molecular complexity index is 573. The zero-order chi connectivity index (χ0) is 18.3. The highest BCUT2D eigenvalue weighted by molar-refractivity contribution is 7.79.